The summed E-state index contributed by atoms with van der Waals surface area (Å²) in [7, 11) is 0. The monoisotopic (exact) mass is 450 g/mol. The molecule has 1 fully saturated rings. The summed E-state index contributed by atoms with van der Waals surface area (Å²) in [6.45, 7) is -0.405. The highest BCUT2D eigenvalue weighted by Gasteiger charge is 2.35. The van der Waals surface area contributed by atoms with Crippen LogP contribution in [0.1, 0.15) is 36.6 Å². The third kappa shape index (κ3) is 5.07. The number of hydrogen-bond acceptors (Lipinski definition) is 9. The van der Waals surface area contributed by atoms with Gasteiger partial charge in [0.25, 0.3) is 16.9 Å². The minimum atomic E-state index is -0.940. The van der Waals surface area contributed by atoms with E-state index in [0.717, 1.165) is 10.6 Å². The summed E-state index contributed by atoms with van der Waals surface area (Å²) in [4.78, 5) is 47.2. The van der Waals surface area contributed by atoms with E-state index in [2.05, 4.69) is 4.98 Å². The highest BCUT2D eigenvalue weighted by Crippen LogP contribution is 2.28. The maximum absolute atomic E-state index is 12.1. The Morgan fingerprint density at radius 1 is 1.12 bits per heavy atom. The molecule has 32 heavy (non-hydrogen) atoms. The van der Waals surface area contributed by atoms with Crippen LogP contribution in [-0.2, 0) is 17.6 Å². The fourth-order valence-corrected chi connectivity index (χ4v) is 3.65. The van der Waals surface area contributed by atoms with E-state index < -0.39 is 46.1 Å². The molecule has 1 saturated heterocycles. The Hall–Kier alpha value is -3.42. The van der Waals surface area contributed by atoms with E-state index in [1.807, 2.05) is 0 Å². The SMILES string of the molecule is O=c1[nH]c(=O)n([C@@H]2CC(O)[C@H](CO)O2)cc1CCCCc1ccc([N+](=O)[O-])cc1[N+](=O)[O-]. The van der Waals surface area contributed by atoms with Crippen molar-refractivity contribution in [3.05, 3.63) is 76.6 Å². The predicted molar refractivity (Wildman–Crippen MR) is 109 cm³/mol. The van der Waals surface area contributed by atoms with Crippen LogP contribution in [0.3, 0.4) is 0 Å². The first-order valence-electron chi connectivity index (χ1n) is 9.91. The molecule has 3 N–H and O–H groups in total. The summed E-state index contributed by atoms with van der Waals surface area (Å²) < 4.78 is 6.62. The molecule has 0 radical (unpaired) electrons. The number of aromatic amines is 1. The molecule has 3 rings (SSSR count). The molecule has 13 nitrogen and oxygen atoms in total. The molecule has 0 aliphatic carbocycles. The van der Waals surface area contributed by atoms with Gasteiger partial charge < -0.3 is 14.9 Å². The van der Waals surface area contributed by atoms with E-state index >= 15 is 0 Å². The number of nitrogens with zero attached hydrogens (tertiary/aromatic N) is 3. The van der Waals surface area contributed by atoms with Gasteiger partial charge in [0.05, 0.1) is 28.6 Å². The Labute approximate surface area is 180 Å². The van der Waals surface area contributed by atoms with Gasteiger partial charge in [-0.15, -0.1) is 0 Å². The van der Waals surface area contributed by atoms with Crippen molar-refractivity contribution < 1.29 is 24.8 Å². The van der Waals surface area contributed by atoms with E-state index in [0.29, 0.717) is 24.0 Å². The van der Waals surface area contributed by atoms with Crippen molar-refractivity contribution in [2.45, 2.75) is 50.5 Å². The summed E-state index contributed by atoms with van der Waals surface area (Å²) in [5.41, 5.74) is -1.31. The van der Waals surface area contributed by atoms with Gasteiger partial charge in [0.2, 0.25) is 0 Å². The number of unbranched alkanes of at least 4 members (excludes halogenated alkanes) is 1. The second kappa shape index (κ2) is 9.80. The molecule has 172 valence electrons. The first-order chi connectivity index (χ1) is 15.2. The van der Waals surface area contributed by atoms with Gasteiger partial charge in [0, 0.05) is 29.8 Å². The lowest BCUT2D eigenvalue weighted by atomic mass is 10.0. The van der Waals surface area contributed by atoms with Crippen molar-refractivity contribution in [3.63, 3.8) is 0 Å². The zero-order chi connectivity index (χ0) is 23.4. The molecule has 3 atom stereocenters. The zero-order valence-electron chi connectivity index (χ0n) is 16.9. The van der Waals surface area contributed by atoms with Gasteiger partial charge in [0.1, 0.15) is 12.3 Å². The van der Waals surface area contributed by atoms with Gasteiger partial charge in [-0.25, -0.2) is 4.79 Å². The van der Waals surface area contributed by atoms with Crippen LogP contribution >= 0.6 is 0 Å². The number of nitrogens with one attached hydrogen (secondary N) is 1. The number of aromatic nitrogens is 2. The summed E-state index contributed by atoms with van der Waals surface area (Å²) in [5.74, 6) is 0. The largest absolute Gasteiger partial charge is 0.394 e. The third-order valence-electron chi connectivity index (χ3n) is 5.35. The highest BCUT2D eigenvalue weighted by atomic mass is 16.6. The molecule has 1 aliphatic rings. The number of nitro benzene ring substituents is 2. The number of nitro groups is 2. The smallest absolute Gasteiger partial charge is 0.330 e. The van der Waals surface area contributed by atoms with Crippen molar-refractivity contribution in [2.75, 3.05) is 6.61 Å². The van der Waals surface area contributed by atoms with Crippen LogP contribution in [0.15, 0.2) is 34.0 Å². The molecule has 2 heterocycles. The summed E-state index contributed by atoms with van der Waals surface area (Å²) in [6, 6.07) is 3.48. The number of aryl methyl sites for hydroxylation is 2. The first kappa shape index (κ1) is 23.2. The number of aliphatic hydroxyl groups is 2. The molecule has 0 saturated carbocycles. The number of ether oxygens (including phenoxy) is 1. The quantitative estimate of drug-likeness (QED) is 0.278. The molecule has 1 aliphatic heterocycles. The lowest BCUT2D eigenvalue weighted by Gasteiger charge is -2.15. The highest BCUT2D eigenvalue weighted by molar-refractivity contribution is 5.49. The number of hydrogen-bond donors (Lipinski definition) is 3. The minimum absolute atomic E-state index is 0.0838. The topological polar surface area (TPSA) is 191 Å². The van der Waals surface area contributed by atoms with E-state index in [1.54, 1.807) is 0 Å². The van der Waals surface area contributed by atoms with Gasteiger partial charge in [-0.05, 0) is 31.7 Å². The molecule has 1 unspecified atom stereocenters. The Morgan fingerprint density at radius 2 is 1.81 bits per heavy atom. The van der Waals surface area contributed by atoms with E-state index in [-0.39, 0.29) is 30.6 Å². The number of aliphatic hydroxyl groups excluding tert-OH is 2. The van der Waals surface area contributed by atoms with Crippen LogP contribution in [0.5, 0.6) is 0 Å². The fraction of sp³-hybridized carbons (Fsp3) is 0.474. The molecule has 1 aromatic heterocycles. The summed E-state index contributed by atoms with van der Waals surface area (Å²) in [5, 5.41) is 41.1. The van der Waals surface area contributed by atoms with Crippen molar-refractivity contribution in [2.24, 2.45) is 0 Å². The molecular formula is C19H22N4O9. The van der Waals surface area contributed by atoms with Crippen LogP contribution < -0.4 is 11.2 Å². The lowest BCUT2D eigenvalue weighted by molar-refractivity contribution is -0.394. The van der Waals surface area contributed by atoms with Crippen LogP contribution in [0.2, 0.25) is 0 Å². The van der Waals surface area contributed by atoms with Crippen molar-refractivity contribution in [1.29, 1.82) is 0 Å². The van der Waals surface area contributed by atoms with E-state index in [4.69, 9.17) is 4.74 Å². The van der Waals surface area contributed by atoms with Gasteiger partial charge in [-0.1, -0.05) is 0 Å². The predicted octanol–water partition coefficient (Wildman–Crippen LogP) is 0.559. The Kier molecular flexibility index (Phi) is 7.12. The van der Waals surface area contributed by atoms with Gasteiger partial charge >= 0.3 is 5.69 Å². The molecule has 2 aromatic rings. The second-order valence-electron chi connectivity index (χ2n) is 7.47. The zero-order valence-corrected chi connectivity index (χ0v) is 16.9. The van der Waals surface area contributed by atoms with Gasteiger partial charge in [-0.3, -0.25) is 34.6 Å². The van der Waals surface area contributed by atoms with E-state index in [9.17, 15) is 40.0 Å². The van der Waals surface area contributed by atoms with Crippen LogP contribution in [-0.4, -0.2) is 48.4 Å². The molecule has 0 bridgehead atoms. The average Bonchev–Trinajstić information content (AvgIpc) is 3.12. The van der Waals surface area contributed by atoms with E-state index in [1.165, 1.54) is 18.3 Å². The number of H-pyrrole nitrogens is 1. The van der Waals surface area contributed by atoms with Crippen LogP contribution in [0.4, 0.5) is 11.4 Å². The number of benzene rings is 1. The van der Waals surface area contributed by atoms with Crippen LogP contribution in [0, 0.1) is 20.2 Å². The molecule has 1 aromatic carbocycles. The normalized spacial score (nSPS) is 20.4. The molecular weight excluding hydrogens is 428 g/mol. The maximum atomic E-state index is 12.1. The van der Waals surface area contributed by atoms with Gasteiger partial charge in [0.15, 0.2) is 0 Å². The Morgan fingerprint density at radius 3 is 2.41 bits per heavy atom. The Bertz CT molecular complexity index is 1130. The lowest BCUT2D eigenvalue weighted by Crippen LogP contribution is -2.34. The number of rotatable bonds is 9. The minimum Gasteiger partial charge on any atom is -0.394 e. The fourth-order valence-electron chi connectivity index (χ4n) is 3.65. The van der Waals surface area contributed by atoms with Crippen molar-refractivity contribution in [3.8, 4) is 0 Å². The Balaban J connectivity index is 1.67. The molecule has 13 heteroatoms. The number of non-ortho nitro benzene ring substituents is 1. The standard InChI is InChI=1S/C19H22N4O9/c24-10-16-15(25)8-17(32-16)21-9-12(18(26)20-19(21)27)4-2-1-3-11-5-6-13(22(28)29)7-14(11)23(30)31/h5-7,9,15-17,24-25H,1-4,8,10H2,(H,20,26,27)/t15?,16-,17-/m0/s1. The second-order valence-corrected chi connectivity index (χ2v) is 7.47. The molecule has 0 amide bonds. The van der Waals surface area contributed by atoms with Crippen molar-refractivity contribution >= 4 is 11.4 Å². The van der Waals surface area contributed by atoms with Crippen molar-refractivity contribution in [1.82, 2.24) is 9.55 Å². The molecule has 0 spiro atoms. The van der Waals surface area contributed by atoms with Crippen LogP contribution in [0.25, 0.3) is 0 Å². The maximum Gasteiger partial charge on any atom is 0.330 e. The van der Waals surface area contributed by atoms with Gasteiger partial charge in [-0.2, -0.15) is 0 Å². The first-order valence-corrected chi connectivity index (χ1v) is 9.91. The average molecular weight is 450 g/mol. The third-order valence-corrected chi connectivity index (χ3v) is 5.35. The summed E-state index contributed by atoms with van der Waals surface area (Å²) in [6.07, 6.45) is 0.326. The summed E-state index contributed by atoms with van der Waals surface area (Å²) >= 11 is 0.